The molecule has 28 heavy (non-hydrogen) atoms. The summed E-state index contributed by atoms with van der Waals surface area (Å²) in [7, 11) is 0. The normalized spacial score (nSPS) is 9.64. The highest BCUT2D eigenvalue weighted by Gasteiger charge is 2.00. The Morgan fingerprint density at radius 2 is 1.39 bits per heavy atom. The standard InChI is InChI=1S/C26H20OS/c1-3-24-19-23(10-9-22-13-17-26(18-14-22)28-20(2)27)12-16-25(24)15-11-21-7-5-4-6-8-21/h4-8,12-14,16-19H,3H2,1-2H3. The molecule has 0 N–H and O–H groups in total. The molecule has 0 heterocycles. The molecule has 0 saturated carbocycles. The van der Waals surface area contributed by atoms with Gasteiger partial charge in [-0.25, -0.2) is 0 Å². The molecule has 0 radical (unpaired) electrons. The molecule has 0 aliphatic heterocycles. The second kappa shape index (κ2) is 9.65. The highest BCUT2D eigenvalue weighted by molar-refractivity contribution is 8.13. The topological polar surface area (TPSA) is 17.1 Å². The van der Waals surface area contributed by atoms with E-state index in [4.69, 9.17) is 0 Å². The van der Waals surface area contributed by atoms with Crippen molar-refractivity contribution in [3.05, 3.63) is 101 Å². The molecule has 3 aromatic carbocycles. The molecule has 0 atom stereocenters. The molecular formula is C26H20OS. The maximum absolute atomic E-state index is 11.1. The lowest BCUT2D eigenvalue weighted by molar-refractivity contribution is -0.109. The van der Waals surface area contributed by atoms with E-state index in [1.165, 1.54) is 17.3 Å². The van der Waals surface area contributed by atoms with Crippen LogP contribution in [-0.4, -0.2) is 5.12 Å². The van der Waals surface area contributed by atoms with Crippen molar-refractivity contribution >= 4 is 16.9 Å². The van der Waals surface area contributed by atoms with Crippen LogP contribution in [0.15, 0.2) is 77.7 Å². The van der Waals surface area contributed by atoms with Crippen LogP contribution >= 0.6 is 11.8 Å². The van der Waals surface area contributed by atoms with Crippen molar-refractivity contribution in [3.8, 4) is 23.7 Å². The van der Waals surface area contributed by atoms with Gasteiger partial charge in [-0.15, -0.1) is 0 Å². The first kappa shape index (κ1) is 19.6. The molecule has 136 valence electrons. The molecule has 0 bridgehead atoms. The van der Waals surface area contributed by atoms with Crippen molar-refractivity contribution in [2.45, 2.75) is 25.2 Å². The number of hydrogen-bond donors (Lipinski definition) is 0. The quantitative estimate of drug-likeness (QED) is 0.420. The van der Waals surface area contributed by atoms with E-state index in [2.05, 4.69) is 36.7 Å². The number of carbonyl (C=O) groups excluding carboxylic acids is 1. The van der Waals surface area contributed by atoms with Gasteiger partial charge in [-0.1, -0.05) is 60.6 Å². The Bertz CT molecular complexity index is 1090. The van der Waals surface area contributed by atoms with Crippen molar-refractivity contribution in [2.24, 2.45) is 0 Å². The summed E-state index contributed by atoms with van der Waals surface area (Å²) >= 11 is 1.23. The molecule has 0 amide bonds. The average molecular weight is 381 g/mol. The van der Waals surface area contributed by atoms with Crippen LogP contribution < -0.4 is 0 Å². The first-order chi connectivity index (χ1) is 13.6. The third-order valence-corrected chi connectivity index (χ3v) is 4.86. The molecular weight excluding hydrogens is 360 g/mol. The first-order valence-electron chi connectivity index (χ1n) is 9.14. The molecule has 0 aromatic heterocycles. The Labute approximate surface area is 171 Å². The van der Waals surface area contributed by atoms with Gasteiger partial charge in [-0.05, 0) is 66.6 Å². The zero-order valence-corrected chi connectivity index (χ0v) is 16.8. The zero-order chi connectivity index (χ0) is 19.8. The zero-order valence-electron chi connectivity index (χ0n) is 16.0. The summed E-state index contributed by atoms with van der Waals surface area (Å²) in [6.45, 7) is 3.70. The maximum Gasteiger partial charge on any atom is 0.190 e. The van der Waals surface area contributed by atoms with Crippen molar-refractivity contribution < 1.29 is 4.79 Å². The van der Waals surface area contributed by atoms with Gasteiger partial charge >= 0.3 is 0 Å². The Hall–Kier alpha value is -3.20. The van der Waals surface area contributed by atoms with Crippen LogP contribution in [-0.2, 0) is 11.2 Å². The van der Waals surface area contributed by atoms with E-state index >= 15 is 0 Å². The molecule has 0 saturated heterocycles. The van der Waals surface area contributed by atoms with Gasteiger partial charge in [0.05, 0.1) is 0 Å². The lowest BCUT2D eigenvalue weighted by atomic mass is 10.0. The summed E-state index contributed by atoms with van der Waals surface area (Å²) in [5.74, 6) is 12.9. The molecule has 2 heteroatoms. The van der Waals surface area contributed by atoms with Crippen LogP contribution in [0.2, 0.25) is 0 Å². The smallest absolute Gasteiger partial charge is 0.190 e. The first-order valence-corrected chi connectivity index (χ1v) is 9.96. The van der Waals surface area contributed by atoms with Crippen LogP contribution in [0.1, 0.15) is 41.7 Å². The lowest BCUT2D eigenvalue weighted by Gasteiger charge is -2.02. The fraction of sp³-hybridized carbons (Fsp3) is 0.115. The van der Waals surface area contributed by atoms with E-state index in [9.17, 15) is 4.79 Å². The van der Waals surface area contributed by atoms with E-state index in [0.717, 1.165) is 33.6 Å². The van der Waals surface area contributed by atoms with Gasteiger partial charge in [0.15, 0.2) is 5.12 Å². The fourth-order valence-electron chi connectivity index (χ4n) is 2.66. The highest BCUT2D eigenvalue weighted by atomic mass is 32.2. The summed E-state index contributed by atoms with van der Waals surface area (Å²) in [5, 5.41) is 0.0846. The maximum atomic E-state index is 11.1. The molecule has 3 aromatic rings. The molecule has 0 aliphatic rings. The van der Waals surface area contributed by atoms with Crippen molar-refractivity contribution in [3.63, 3.8) is 0 Å². The Morgan fingerprint density at radius 3 is 2.07 bits per heavy atom. The van der Waals surface area contributed by atoms with Crippen LogP contribution in [0, 0.1) is 23.7 Å². The number of aryl methyl sites for hydroxylation is 1. The average Bonchev–Trinajstić information content (AvgIpc) is 2.72. The molecule has 0 unspecified atom stereocenters. The van der Waals surface area contributed by atoms with E-state index in [0.29, 0.717) is 0 Å². The summed E-state index contributed by atoms with van der Waals surface area (Å²) in [6, 6.07) is 23.9. The summed E-state index contributed by atoms with van der Waals surface area (Å²) in [4.78, 5) is 12.1. The number of hydrogen-bond acceptors (Lipinski definition) is 2. The summed E-state index contributed by atoms with van der Waals surface area (Å²) in [6.07, 6.45) is 0.908. The molecule has 3 rings (SSSR count). The van der Waals surface area contributed by atoms with Crippen LogP contribution in [0.25, 0.3) is 0 Å². The highest BCUT2D eigenvalue weighted by Crippen LogP contribution is 2.18. The molecule has 0 aliphatic carbocycles. The monoisotopic (exact) mass is 380 g/mol. The fourth-order valence-corrected chi connectivity index (χ4v) is 3.27. The van der Waals surface area contributed by atoms with E-state index in [-0.39, 0.29) is 5.12 Å². The SMILES string of the molecule is CCc1cc(C#Cc2ccc(SC(C)=O)cc2)ccc1C#Cc1ccccc1. The van der Waals surface area contributed by atoms with Crippen molar-refractivity contribution in [1.82, 2.24) is 0 Å². The minimum Gasteiger partial charge on any atom is -0.287 e. The molecule has 1 nitrogen and oxygen atoms in total. The summed E-state index contributed by atoms with van der Waals surface area (Å²) < 4.78 is 0. The van der Waals surface area contributed by atoms with Gasteiger partial charge in [0.1, 0.15) is 0 Å². The van der Waals surface area contributed by atoms with E-state index < -0.39 is 0 Å². The third-order valence-electron chi connectivity index (χ3n) is 4.07. The minimum absolute atomic E-state index is 0.0846. The van der Waals surface area contributed by atoms with Gasteiger partial charge in [0, 0.05) is 34.1 Å². The number of rotatable bonds is 2. The van der Waals surface area contributed by atoms with Crippen LogP contribution in [0.3, 0.4) is 0 Å². The third kappa shape index (κ3) is 5.65. The second-order valence-corrected chi connectivity index (χ2v) is 7.46. The Kier molecular flexibility index (Phi) is 6.74. The van der Waals surface area contributed by atoms with E-state index in [1.54, 1.807) is 6.92 Å². The number of thioether (sulfide) groups is 1. The molecule has 0 fully saturated rings. The van der Waals surface area contributed by atoms with Gasteiger partial charge < -0.3 is 0 Å². The van der Waals surface area contributed by atoms with Gasteiger partial charge in [-0.2, -0.15) is 0 Å². The predicted molar refractivity (Wildman–Crippen MR) is 117 cm³/mol. The van der Waals surface area contributed by atoms with E-state index in [1.807, 2.05) is 66.7 Å². The van der Waals surface area contributed by atoms with Crippen LogP contribution in [0.5, 0.6) is 0 Å². The second-order valence-electron chi connectivity index (χ2n) is 6.21. The predicted octanol–water partition coefficient (Wildman–Crippen LogP) is 5.69. The van der Waals surface area contributed by atoms with Gasteiger partial charge in [-0.3, -0.25) is 4.79 Å². The minimum atomic E-state index is 0.0846. The van der Waals surface area contributed by atoms with Crippen molar-refractivity contribution in [2.75, 3.05) is 0 Å². The number of benzene rings is 3. The van der Waals surface area contributed by atoms with Gasteiger partial charge in [0.2, 0.25) is 0 Å². The van der Waals surface area contributed by atoms with Crippen molar-refractivity contribution in [1.29, 1.82) is 0 Å². The van der Waals surface area contributed by atoms with Gasteiger partial charge in [0.25, 0.3) is 0 Å². The van der Waals surface area contributed by atoms with Crippen LogP contribution in [0.4, 0.5) is 0 Å². The Balaban J connectivity index is 1.79. The Morgan fingerprint density at radius 1 is 0.786 bits per heavy atom. The largest absolute Gasteiger partial charge is 0.287 e. The number of carbonyl (C=O) groups is 1. The summed E-state index contributed by atoms with van der Waals surface area (Å²) in [5.41, 5.74) is 5.16. The lowest BCUT2D eigenvalue weighted by Crippen LogP contribution is -1.89. The molecule has 0 spiro atoms.